The molecule has 1 amide bonds. The number of carbonyl (C=O) groups is 1. The number of carbonyl (C=O) groups excluding carboxylic acids is 1. The molecular formula is C15H19N3O. The molecule has 1 aliphatic rings. The van der Waals surface area contributed by atoms with Crippen LogP contribution >= 0.6 is 0 Å². The Morgan fingerprint density at radius 2 is 2.42 bits per heavy atom. The summed E-state index contributed by atoms with van der Waals surface area (Å²) in [6, 6.07) is 9.01. The van der Waals surface area contributed by atoms with Crippen LogP contribution in [0.3, 0.4) is 0 Å². The summed E-state index contributed by atoms with van der Waals surface area (Å²) in [7, 11) is 1.94. The van der Waals surface area contributed by atoms with Crippen LogP contribution in [0.4, 0.5) is 0 Å². The fraction of sp³-hybridized carbons (Fsp3) is 0.467. The van der Waals surface area contributed by atoms with Gasteiger partial charge in [0.05, 0.1) is 11.6 Å². The molecule has 0 aliphatic carbocycles. The second kappa shape index (κ2) is 6.35. The Morgan fingerprint density at radius 3 is 3.16 bits per heavy atom. The average Bonchev–Trinajstić information content (AvgIpc) is 2.47. The molecule has 0 spiro atoms. The maximum absolute atomic E-state index is 12.4. The fourth-order valence-corrected chi connectivity index (χ4v) is 2.61. The molecule has 19 heavy (non-hydrogen) atoms. The molecule has 100 valence electrons. The van der Waals surface area contributed by atoms with Crippen molar-refractivity contribution in [1.82, 2.24) is 10.2 Å². The summed E-state index contributed by atoms with van der Waals surface area (Å²) >= 11 is 0. The largest absolute Gasteiger partial charge is 0.338 e. The number of nitriles is 1. The zero-order valence-corrected chi connectivity index (χ0v) is 11.2. The number of rotatable bonds is 3. The molecule has 1 atom stereocenters. The van der Waals surface area contributed by atoms with Crippen LogP contribution in [0.15, 0.2) is 24.3 Å². The van der Waals surface area contributed by atoms with E-state index in [0.29, 0.717) is 17.0 Å². The van der Waals surface area contributed by atoms with Crippen molar-refractivity contribution in [3.8, 4) is 6.07 Å². The van der Waals surface area contributed by atoms with Crippen molar-refractivity contribution in [2.75, 3.05) is 26.7 Å². The summed E-state index contributed by atoms with van der Waals surface area (Å²) in [4.78, 5) is 14.3. The predicted molar refractivity (Wildman–Crippen MR) is 73.7 cm³/mol. The van der Waals surface area contributed by atoms with E-state index in [4.69, 9.17) is 5.26 Å². The van der Waals surface area contributed by atoms with Crippen LogP contribution in [-0.2, 0) is 0 Å². The summed E-state index contributed by atoms with van der Waals surface area (Å²) in [5, 5.41) is 12.1. The van der Waals surface area contributed by atoms with Crippen LogP contribution in [0.25, 0.3) is 0 Å². The first kappa shape index (κ1) is 13.6. The molecule has 1 fully saturated rings. The van der Waals surface area contributed by atoms with Gasteiger partial charge in [-0.05, 0) is 50.6 Å². The molecule has 1 aromatic rings. The van der Waals surface area contributed by atoms with Gasteiger partial charge in [0.1, 0.15) is 0 Å². The van der Waals surface area contributed by atoms with Gasteiger partial charge in [-0.25, -0.2) is 0 Å². The minimum Gasteiger partial charge on any atom is -0.338 e. The second-order valence-electron chi connectivity index (χ2n) is 5.01. The molecule has 0 radical (unpaired) electrons. The van der Waals surface area contributed by atoms with Gasteiger partial charge in [-0.1, -0.05) is 6.07 Å². The lowest BCUT2D eigenvalue weighted by Gasteiger charge is -2.32. The van der Waals surface area contributed by atoms with Crippen molar-refractivity contribution < 1.29 is 4.79 Å². The van der Waals surface area contributed by atoms with E-state index < -0.39 is 0 Å². The van der Waals surface area contributed by atoms with Gasteiger partial charge in [-0.2, -0.15) is 5.26 Å². The van der Waals surface area contributed by atoms with Crippen LogP contribution in [0, 0.1) is 17.2 Å². The van der Waals surface area contributed by atoms with Crippen LogP contribution in [-0.4, -0.2) is 37.5 Å². The maximum Gasteiger partial charge on any atom is 0.253 e. The Kier molecular flexibility index (Phi) is 4.53. The van der Waals surface area contributed by atoms with Crippen molar-refractivity contribution in [3.05, 3.63) is 35.4 Å². The summed E-state index contributed by atoms with van der Waals surface area (Å²) < 4.78 is 0. The summed E-state index contributed by atoms with van der Waals surface area (Å²) in [5.74, 6) is 0.569. The Bertz CT molecular complexity index is 490. The molecule has 4 heteroatoms. The fourth-order valence-electron chi connectivity index (χ4n) is 2.61. The predicted octanol–water partition coefficient (Wildman–Crippen LogP) is 1.63. The topological polar surface area (TPSA) is 56.1 Å². The molecular weight excluding hydrogens is 238 g/mol. The molecule has 1 N–H and O–H groups in total. The summed E-state index contributed by atoms with van der Waals surface area (Å²) in [6.45, 7) is 2.56. The van der Waals surface area contributed by atoms with Crippen molar-refractivity contribution in [3.63, 3.8) is 0 Å². The van der Waals surface area contributed by atoms with Crippen molar-refractivity contribution >= 4 is 5.91 Å². The second-order valence-corrected chi connectivity index (χ2v) is 5.01. The van der Waals surface area contributed by atoms with E-state index in [-0.39, 0.29) is 5.91 Å². The highest BCUT2D eigenvalue weighted by molar-refractivity contribution is 5.94. The first-order chi connectivity index (χ1) is 9.24. The van der Waals surface area contributed by atoms with E-state index >= 15 is 0 Å². The lowest BCUT2D eigenvalue weighted by Crippen LogP contribution is -2.42. The number of piperidine rings is 1. The molecule has 1 unspecified atom stereocenters. The zero-order valence-electron chi connectivity index (χ0n) is 11.2. The Hall–Kier alpha value is -1.86. The number of hydrogen-bond donors (Lipinski definition) is 1. The van der Waals surface area contributed by atoms with Crippen LogP contribution < -0.4 is 5.32 Å². The highest BCUT2D eigenvalue weighted by atomic mass is 16.2. The first-order valence-corrected chi connectivity index (χ1v) is 6.68. The van der Waals surface area contributed by atoms with Crippen LogP contribution in [0.1, 0.15) is 28.8 Å². The van der Waals surface area contributed by atoms with Gasteiger partial charge in [-0.15, -0.1) is 0 Å². The smallest absolute Gasteiger partial charge is 0.253 e. The van der Waals surface area contributed by atoms with Gasteiger partial charge < -0.3 is 10.2 Å². The molecule has 1 heterocycles. The van der Waals surface area contributed by atoms with Gasteiger partial charge in [0.2, 0.25) is 0 Å². The Labute approximate surface area is 114 Å². The average molecular weight is 257 g/mol. The van der Waals surface area contributed by atoms with E-state index in [1.807, 2.05) is 11.9 Å². The normalized spacial score (nSPS) is 18.9. The van der Waals surface area contributed by atoms with Gasteiger partial charge in [0.25, 0.3) is 5.91 Å². The van der Waals surface area contributed by atoms with E-state index in [9.17, 15) is 4.79 Å². The number of nitrogens with one attached hydrogen (secondary N) is 1. The third-order valence-corrected chi connectivity index (χ3v) is 3.54. The standard InChI is InChI=1S/C15H19N3O/c1-17-10-13-5-3-7-18(11-13)15(19)14-6-2-4-12(8-14)9-16/h2,4,6,8,13,17H,3,5,7,10-11H2,1H3. The monoisotopic (exact) mass is 257 g/mol. The third kappa shape index (κ3) is 3.33. The van der Waals surface area contributed by atoms with Gasteiger partial charge in [0, 0.05) is 18.7 Å². The van der Waals surface area contributed by atoms with Crippen molar-refractivity contribution in [1.29, 1.82) is 5.26 Å². The number of amides is 1. The Balaban J connectivity index is 2.08. The molecule has 4 nitrogen and oxygen atoms in total. The minimum absolute atomic E-state index is 0.0397. The van der Waals surface area contributed by atoms with Crippen LogP contribution in [0.5, 0.6) is 0 Å². The number of nitrogens with zero attached hydrogens (tertiary/aromatic N) is 2. The van der Waals surface area contributed by atoms with Crippen LogP contribution in [0.2, 0.25) is 0 Å². The maximum atomic E-state index is 12.4. The van der Waals surface area contributed by atoms with Gasteiger partial charge in [0.15, 0.2) is 0 Å². The molecule has 0 saturated carbocycles. The van der Waals surface area contributed by atoms with E-state index in [1.54, 1.807) is 24.3 Å². The minimum atomic E-state index is 0.0397. The number of benzene rings is 1. The lowest BCUT2D eigenvalue weighted by molar-refractivity contribution is 0.0674. The number of likely N-dealkylation sites (tertiary alicyclic amines) is 1. The van der Waals surface area contributed by atoms with E-state index in [2.05, 4.69) is 11.4 Å². The first-order valence-electron chi connectivity index (χ1n) is 6.68. The van der Waals surface area contributed by atoms with E-state index in [1.165, 1.54) is 6.42 Å². The van der Waals surface area contributed by atoms with E-state index in [0.717, 1.165) is 26.1 Å². The highest BCUT2D eigenvalue weighted by Crippen LogP contribution is 2.18. The molecule has 1 aromatic carbocycles. The lowest BCUT2D eigenvalue weighted by atomic mass is 9.97. The van der Waals surface area contributed by atoms with Gasteiger partial charge in [-0.3, -0.25) is 4.79 Å². The Morgan fingerprint density at radius 1 is 1.58 bits per heavy atom. The summed E-state index contributed by atoms with van der Waals surface area (Å²) in [5.41, 5.74) is 1.15. The molecule has 0 bridgehead atoms. The molecule has 0 aromatic heterocycles. The zero-order chi connectivity index (χ0) is 13.7. The van der Waals surface area contributed by atoms with Crippen molar-refractivity contribution in [2.45, 2.75) is 12.8 Å². The molecule has 1 saturated heterocycles. The highest BCUT2D eigenvalue weighted by Gasteiger charge is 2.24. The quantitative estimate of drug-likeness (QED) is 0.895. The number of hydrogen-bond acceptors (Lipinski definition) is 3. The summed E-state index contributed by atoms with van der Waals surface area (Å²) in [6.07, 6.45) is 2.22. The third-order valence-electron chi connectivity index (χ3n) is 3.54. The van der Waals surface area contributed by atoms with Gasteiger partial charge >= 0.3 is 0 Å². The molecule has 2 rings (SSSR count). The molecule has 1 aliphatic heterocycles. The van der Waals surface area contributed by atoms with Crippen molar-refractivity contribution in [2.24, 2.45) is 5.92 Å². The SMILES string of the molecule is CNCC1CCCN(C(=O)c2cccc(C#N)c2)C1.